The van der Waals surface area contributed by atoms with Gasteiger partial charge in [0.2, 0.25) is 5.67 Å². The fourth-order valence-electron chi connectivity index (χ4n) is 1.78. The number of halogens is 2. The van der Waals surface area contributed by atoms with E-state index in [4.69, 9.17) is 5.11 Å². The van der Waals surface area contributed by atoms with E-state index in [2.05, 4.69) is 0 Å². The van der Waals surface area contributed by atoms with Gasteiger partial charge in [0.05, 0.1) is 0 Å². The molecule has 0 spiro atoms. The molecule has 2 aromatic rings. The van der Waals surface area contributed by atoms with E-state index in [0.717, 1.165) is 13.0 Å². The van der Waals surface area contributed by atoms with E-state index in [0.29, 0.717) is 11.1 Å². The number of carboxylic acids is 1. The molecule has 0 unspecified atom stereocenters. The molecule has 0 amide bonds. The number of carbonyl (C=O) groups is 1. The molecule has 0 aromatic heterocycles. The molecule has 19 heavy (non-hydrogen) atoms. The maximum absolute atomic E-state index is 14.0. The molecule has 1 N–H and O–H groups in total. The minimum Gasteiger partial charge on any atom is -0.479 e. The summed E-state index contributed by atoms with van der Waals surface area (Å²) >= 11 is 0. The molecule has 4 heteroatoms. The Bertz CT molecular complexity index is 607. The lowest BCUT2D eigenvalue weighted by atomic mass is 9.95. The summed E-state index contributed by atoms with van der Waals surface area (Å²) < 4.78 is 27.9. The van der Waals surface area contributed by atoms with Crippen LogP contribution in [0, 0.1) is 5.82 Å². The van der Waals surface area contributed by atoms with Crippen LogP contribution >= 0.6 is 0 Å². The molecule has 0 heterocycles. The first-order valence-electron chi connectivity index (χ1n) is 5.70. The van der Waals surface area contributed by atoms with Gasteiger partial charge in [-0.3, -0.25) is 0 Å². The highest BCUT2D eigenvalue weighted by atomic mass is 19.1. The van der Waals surface area contributed by atoms with Crippen LogP contribution in [0.3, 0.4) is 0 Å². The molecule has 98 valence electrons. The molecule has 0 aliphatic carbocycles. The maximum atomic E-state index is 14.0. The highest BCUT2D eigenvalue weighted by Crippen LogP contribution is 2.30. The van der Waals surface area contributed by atoms with Crippen molar-refractivity contribution in [3.05, 3.63) is 59.9 Å². The van der Waals surface area contributed by atoms with E-state index in [9.17, 15) is 13.6 Å². The van der Waals surface area contributed by atoms with Gasteiger partial charge in [-0.1, -0.05) is 42.5 Å². The zero-order chi connectivity index (χ0) is 14.0. The summed E-state index contributed by atoms with van der Waals surface area (Å²) in [6.07, 6.45) is 0. The molecule has 0 saturated heterocycles. The Morgan fingerprint density at radius 1 is 1.16 bits per heavy atom. The van der Waals surface area contributed by atoms with Crippen molar-refractivity contribution in [3.8, 4) is 11.1 Å². The topological polar surface area (TPSA) is 37.3 Å². The number of aliphatic carboxylic acids is 1. The minimum absolute atomic E-state index is 0.211. The molecular formula is C15H12F2O2. The number of benzene rings is 2. The van der Waals surface area contributed by atoms with Gasteiger partial charge >= 0.3 is 5.97 Å². The zero-order valence-corrected chi connectivity index (χ0v) is 10.2. The summed E-state index contributed by atoms with van der Waals surface area (Å²) in [7, 11) is 0. The molecule has 0 radical (unpaired) electrons. The molecule has 0 saturated carbocycles. The Balaban J connectivity index is 2.47. The first-order chi connectivity index (χ1) is 8.93. The highest BCUT2D eigenvalue weighted by Gasteiger charge is 2.35. The van der Waals surface area contributed by atoms with Crippen molar-refractivity contribution in [1.29, 1.82) is 0 Å². The van der Waals surface area contributed by atoms with Crippen molar-refractivity contribution in [2.45, 2.75) is 12.6 Å². The molecular weight excluding hydrogens is 250 g/mol. The van der Waals surface area contributed by atoms with Crippen molar-refractivity contribution in [3.63, 3.8) is 0 Å². The Morgan fingerprint density at radius 2 is 1.79 bits per heavy atom. The third kappa shape index (κ3) is 2.47. The smallest absolute Gasteiger partial charge is 0.345 e. The maximum Gasteiger partial charge on any atom is 0.345 e. The van der Waals surface area contributed by atoms with Crippen LogP contribution in [0.2, 0.25) is 0 Å². The molecule has 0 aliphatic heterocycles. The second-order valence-electron chi connectivity index (χ2n) is 4.37. The van der Waals surface area contributed by atoms with Gasteiger partial charge in [-0.15, -0.1) is 0 Å². The van der Waals surface area contributed by atoms with Crippen LogP contribution in [0.25, 0.3) is 11.1 Å². The predicted octanol–water partition coefficient (Wildman–Crippen LogP) is 3.76. The average molecular weight is 262 g/mol. The van der Waals surface area contributed by atoms with Crippen LogP contribution in [0.4, 0.5) is 8.78 Å². The van der Waals surface area contributed by atoms with Crippen molar-refractivity contribution < 1.29 is 18.7 Å². The summed E-state index contributed by atoms with van der Waals surface area (Å²) in [5.41, 5.74) is -1.85. The molecule has 0 aliphatic rings. The fourth-order valence-corrected chi connectivity index (χ4v) is 1.78. The predicted molar refractivity (Wildman–Crippen MR) is 67.9 cm³/mol. The first-order valence-corrected chi connectivity index (χ1v) is 5.70. The summed E-state index contributed by atoms with van der Waals surface area (Å²) in [5.74, 6) is -2.28. The lowest BCUT2D eigenvalue weighted by Crippen LogP contribution is -2.27. The van der Waals surface area contributed by atoms with Crippen molar-refractivity contribution in [1.82, 2.24) is 0 Å². The second-order valence-corrected chi connectivity index (χ2v) is 4.37. The molecule has 2 aromatic carbocycles. The van der Waals surface area contributed by atoms with Crippen molar-refractivity contribution in [2.75, 3.05) is 0 Å². The Hall–Kier alpha value is -2.23. The SMILES string of the molecule is C[C@](F)(C(=O)O)c1ccc(-c2ccccc2)c(F)c1. The largest absolute Gasteiger partial charge is 0.479 e. The third-order valence-electron chi connectivity index (χ3n) is 3.00. The van der Waals surface area contributed by atoms with Crippen molar-refractivity contribution >= 4 is 5.97 Å². The van der Waals surface area contributed by atoms with Gasteiger partial charge in [0.1, 0.15) is 5.82 Å². The van der Waals surface area contributed by atoms with E-state index >= 15 is 0 Å². The average Bonchev–Trinajstić information content (AvgIpc) is 2.39. The van der Waals surface area contributed by atoms with Gasteiger partial charge in [-0.05, 0) is 18.6 Å². The van der Waals surface area contributed by atoms with Crippen LogP contribution in [0.15, 0.2) is 48.5 Å². The normalized spacial score (nSPS) is 13.8. The van der Waals surface area contributed by atoms with E-state index in [-0.39, 0.29) is 5.56 Å². The lowest BCUT2D eigenvalue weighted by molar-refractivity contribution is -0.150. The van der Waals surface area contributed by atoms with Crippen LogP contribution in [-0.2, 0) is 10.5 Å². The number of carboxylic acid groups (broad SMARTS) is 1. The lowest BCUT2D eigenvalue weighted by Gasteiger charge is -2.16. The van der Waals surface area contributed by atoms with Crippen molar-refractivity contribution in [2.24, 2.45) is 0 Å². The van der Waals surface area contributed by atoms with E-state index in [1.807, 2.05) is 0 Å². The summed E-state index contributed by atoms with van der Waals surface area (Å²) in [5, 5.41) is 8.77. The van der Waals surface area contributed by atoms with Gasteiger partial charge in [-0.2, -0.15) is 0 Å². The first kappa shape index (κ1) is 13.2. The minimum atomic E-state index is -2.60. The third-order valence-corrected chi connectivity index (χ3v) is 3.00. The molecule has 0 fully saturated rings. The fraction of sp³-hybridized carbons (Fsp3) is 0.133. The van der Waals surface area contributed by atoms with E-state index in [1.165, 1.54) is 12.1 Å². The highest BCUT2D eigenvalue weighted by molar-refractivity contribution is 5.79. The summed E-state index contributed by atoms with van der Waals surface area (Å²) in [6.45, 7) is 0.895. The number of alkyl halides is 1. The van der Waals surface area contributed by atoms with Gasteiger partial charge < -0.3 is 5.11 Å². The van der Waals surface area contributed by atoms with E-state index in [1.54, 1.807) is 30.3 Å². The Labute approximate surface area is 109 Å². The standard InChI is InChI=1S/C15H12F2O2/c1-15(17,14(18)19)11-7-8-12(13(16)9-11)10-5-3-2-4-6-10/h2-9H,1H3,(H,18,19)/t15-/m1/s1. The number of hydrogen-bond donors (Lipinski definition) is 1. The van der Waals surface area contributed by atoms with Crippen LogP contribution in [0.5, 0.6) is 0 Å². The molecule has 0 bridgehead atoms. The quantitative estimate of drug-likeness (QED) is 0.914. The number of hydrogen-bond acceptors (Lipinski definition) is 1. The van der Waals surface area contributed by atoms with Gasteiger partial charge in [0, 0.05) is 11.1 Å². The van der Waals surface area contributed by atoms with Crippen LogP contribution in [-0.4, -0.2) is 11.1 Å². The van der Waals surface area contributed by atoms with Crippen LogP contribution < -0.4 is 0 Å². The second kappa shape index (κ2) is 4.80. The Morgan fingerprint density at radius 3 is 2.32 bits per heavy atom. The molecule has 1 atom stereocenters. The molecule has 2 rings (SSSR count). The van der Waals surface area contributed by atoms with E-state index < -0.39 is 17.5 Å². The zero-order valence-electron chi connectivity index (χ0n) is 10.2. The number of rotatable bonds is 3. The Kier molecular flexibility index (Phi) is 3.34. The monoisotopic (exact) mass is 262 g/mol. The summed E-state index contributed by atoms with van der Waals surface area (Å²) in [4.78, 5) is 10.8. The summed E-state index contributed by atoms with van der Waals surface area (Å²) in [6, 6.07) is 12.4. The van der Waals surface area contributed by atoms with Crippen LogP contribution in [0.1, 0.15) is 12.5 Å². The van der Waals surface area contributed by atoms with Gasteiger partial charge in [0.15, 0.2) is 0 Å². The molecule has 2 nitrogen and oxygen atoms in total. The van der Waals surface area contributed by atoms with Gasteiger partial charge in [-0.25, -0.2) is 13.6 Å². The van der Waals surface area contributed by atoms with Gasteiger partial charge in [0.25, 0.3) is 0 Å².